The molecule has 1 aliphatic rings. The lowest BCUT2D eigenvalue weighted by atomic mass is 9.96. The Morgan fingerprint density at radius 1 is 1.06 bits per heavy atom. The minimum absolute atomic E-state index is 0.178. The van der Waals surface area contributed by atoms with Crippen LogP contribution in [-0.2, 0) is 5.41 Å². The highest BCUT2D eigenvalue weighted by molar-refractivity contribution is 6.31. The lowest BCUT2D eigenvalue weighted by Crippen LogP contribution is -2.16. The summed E-state index contributed by atoms with van der Waals surface area (Å²) in [5, 5.41) is 3.04. The summed E-state index contributed by atoms with van der Waals surface area (Å²) < 4.78 is 5.76. The summed E-state index contributed by atoms with van der Waals surface area (Å²) in [6.45, 7) is 2.05. The molecule has 1 heterocycles. The number of carbonyl (C=O) groups excluding carboxylic acids is 2. The molecular weight excluding hydrogens is 412 g/mol. The Bertz CT molecular complexity index is 1370. The van der Waals surface area contributed by atoms with Gasteiger partial charge in [0.25, 0.3) is 5.91 Å². The number of primary amides is 1. The van der Waals surface area contributed by atoms with Gasteiger partial charge >= 0.3 is 0 Å². The summed E-state index contributed by atoms with van der Waals surface area (Å²) in [5.74, 6) is -0.528. The SMILES string of the molecule is CC1(c2ccc3c(C(=O)COc4cc5ccc(Cl)cc5cc4C(N)=O)c[nH]c3c2)CC1. The maximum absolute atomic E-state index is 12.9. The van der Waals surface area contributed by atoms with E-state index in [1.165, 1.54) is 18.4 Å². The van der Waals surface area contributed by atoms with Crippen molar-refractivity contribution in [1.82, 2.24) is 4.98 Å². The molecule has 1 amide bonds. The smallest absolute Gasteiger partial charge is 0.252 e. The van der Waals surface area contributed by atoms with Crippen LogP contribution in [0.15, 0.2) is 54.7 Å². The highest BCUT2D eigenvalue weighted by atomic mass is 35.5. The summed E-state index contributed by atoms with van der Waals surface area (Å²) in [5.41, 5.74) is 8.80. The van der Waals surface area contributed by atoms with Crippen molar-refractivity contribution < 1.29 is 14.3 Å². The molecule has 3 aromatic carbocycles. The van der Waals surface area contributed by atoms with E-state index in [-0.39, 0.29) is 29.1 Å². The van der Waals surface area contributed by atoms with Crippen LogP contribution >= 0.6 is 11.6 Å². The number of Topliss-reactive ketones (excluding diaryl/α,β-unsaturated/α-hetero) is 1. The van der Waals surface area contributed by atoms with E-state index < -0.39 is 5.91 Å². The van der Waals surface area contributed by atoms with Crippen molar-refractivity contribution in [2.75, 3.05) is 6.61 Å². The van der Waals surface area contributed by atoms with Crippen molar-refractivity contribution in [2.24, 2.45) is 5.73 Å². The van der Waals surface area contributed by atoms with Crippen LogP contribution in [0.25, 0.3) is 21.7 Å². The first-order chi connectivity index (χ1) is 14.8. The number of amides is 1. The predicted molar refractivity (Wildman–Crippen MR) is 122 cm³/mol. The number of ketones is 1. The Kier molecular flexibility index (Phi) is 4.52. The molecule has 3 N–H and O–H groups in total. The Balaban J connectivity index is 1.41. The minimum atomic E-state index is -0.627. The first-order valence-corrected chi connectivity index (χ1v) is 10.5. The molecule has 156 valence electrons. The molecule has 0 unspecified atom stereocenters. The summed E-state index contributed by atoms with van der Waals surface area (Å²) in [7, 11) is 0. The van der Waals surface area contributed by atoms with Crippen molar-refractivity contribution in [3.8, 4) is 5.75 Å². The molecule has 1 aromatic heterocycles. The summed E-state index contributed by atoms with van der Waals surface area (Å²) in [4.78, 5) is 28.0. The van der Waals surface area contributed by atoms with E-state index in [1.807, 2.05) is 12.1 Å². The zero-order valence-corrected chi connectivity index (χ0v) is 17.8. The summed E-state index contributed by atoms with van der Waals surface area (Å²) in [6.07, 6.45) is 4.10. The zero-order valence-electron chi connectivity index (χ0n) is 17.0. The lowest BCUT2D eigenvalue weighted by molar-refractivity contribution is 0.0914. The van der Waals surface area contributed by atoms with Crippen molar-refractivity contribution in [3.05, 3.63) is 76.4 Å². The van der Waals surface area contributed by atoms with E-state index in [9.17, 15) is 9.59 Å². The molecule has 5 nitrogen and oxygen atoms in total. The van der Waals surface area contributed by atoms with Crippen LogP contribution in [0.2, 0.25) is 5.02 Å². The molecule has 31 heavy (non-hydrogen) atoms. The van der Waals surface area contributed by atoms with Gasteiger partial charge in [0.15, 0.2) is 6.61 Å². The molecule has 4 aromatic rings. The molecule has 5 rings (SSSR count). The van der Waals surface area contributed by atoms with Gasteiger partial charge < -0.3 is 15.5 Å². The quantitative estimate of drug-likeness (QED) is 0.401. The van der Waals surface area contributed by atoms with Gasteiger partial charge in [0, 0.05) is 27.7 Å². The van der Waals surface area contributed by atoms with Gasteiger partial charge in [-0.2, -0.15) is 0 Å². The van der Waals surface area contributed by atoms with Gasteiger partial charge in [-0.15, -0.1) is 0 Å². The van der Waals surface area contributed by atoms with E-state index in [0.29, 0.717) is 10.6 Å². The van der Waals surface area contributed by atoms with Crippen molar-refractivity contribution in [3.63, 3.8) is 0 Å². The molecule has 1 saturated carbocycles. The fourth-order valence-electron chi connectivity index (χ4n) is 3.99. The topological polar surface area (TPSA) is 85.2 Å². The van der Waals surface area contributed by atoms with Gasteiger partial charge in [0.2, 0.25) is 5.78 Å². The van der Waals surface area contributed by atoms with Crippen LogP contribution in [-0.4, -0.2) is 23.3 Å². The first kappa shape index (κ1) is 19.6. The maximum Gasteiger partial charge on any atom is 0.252 e. The second-order valence-electron chi connectivity index (χ2n) is 8.44. The number of H-pyrrole nitrogens is 1. The third-order valence-corrected chi connectivity index (χ3v) is 6.44. The number of rotatable bonds is 6. The average molecular weight is 433 g/mol. The number of halogens is 1. The maximum atomic E-state index is 12.9. The van der Waals surface area contributed by atoms with E-state index in [1.54, 1.807) is 30.5 Å². The summed E-state index contributed by atoms with van der Waals surface area (Å²) >= 11 is 6.04. The predicted octanol–water partition coefficient (Wildman–Crippen LogP) is 5.39. The number of benzene rings is 3. The van der Waals surface area contributed by atoms with Crippen molar-refractivity contribution in [1.29, 1.82) is 0 Å². The van der Waals surface area contributed by atoms with Crippen molar-refractivity contribution in [2.45, 2.75) is 25.2 Å². The van der Waals surface area contributed by atoms with Crippen LogP contribution in [0.3, 0.4) is 0 Å². The number of hydrogen-bond acceptors (Lipinski definition) is 3. The number of aromatic amines is 1. The van der Waals surface area contributed by atoms with Gasteiger partial charge in [-0.25, -0.2) is 0 Å². The van der Waals surface area contributed by atoms with Gasteiger partial charge in [-0.1, -0.05) is 36.7 Å². The third kappa shape index (κ3) is 3.55. The molecule has 1 fully saturated rings. The fraction of sp³-hybridized carbons (Fsp3) is 0.200. The molecule has 0 atom stereocenters. The van der Waals surface area contributed by atoms with Gasteiger partial charge in [0.1, 0.15) is 5.75 Å². The highest BCUT2D eigenvalue weighted by Crippen LogP contribution is 2.48. The van der Waals surface area contributed by atoms with Crippen LogP contribution in [0, 0.1) is 0 Å². The van der Waals surface area contributed by atoms with Crippen LogP contribution < -0.4 is 10.5 Å². The van der Waals surface area contributed by atoms with Gasteiger partial charge in [-0.05, 0) is 64.9 Å². The monoisotopic (exact) mass is 432 g/mol. The van der Waals surface area contributed by atoms with Gasteiger partial charge in [0.05, 0.1) is 5.56 Å². The molecule has 0 radical (unpaired) electrons. The number of hydrogen-bond donors (Lipinski definition) is 2. The molecule has 6 heteroatoms. The molecule has 0 saturated heterocycles. The van der Waals surface area contributed by atoms with E-state index >= 15 is 0 Å². The highest BCUT2D eigenvalue weighted by Gasteiger charge is 2.39. The number of aromatic nitrogens is 1. The van der Waals surface area contributed by atoms with Crippen LogP contribution in [0.1, 0.15) is 46.0 Å². The number of ether oxygens (including phenoxy) is 1. The second kappa shape index (κ2) is 7.13. The van der Waals surface area contributed by atoms with E-state index in [4.69, 9.17) is 22.1 Å². The first-order valence-electron chi connectivity index (χ1n) is 10.1. The van der Waals surface area contributed by atoms with Crippen LogP contribution in [0.4, 0.5) is 0 Å². The molecule has 1 aliphatic carbocycles. The molecule has 0 bridgehead atoms. The Labute approximate surface area is 184 Å². The van der Waals surface area contributed by atoms with Crippen LogP contribution in [0.5, 0.6) is 5.75 Å². The van der Waals surface area contributed by atoms with Gasteiger partial charge in [-0.3, -0.25) is 9.59 Å². The largest absolute Gasteiger partial charge is 0.485 e. The third-order valence-electron chi connectivity index (χ3n) is 6.20. The number of carbonyl (C=O) groups is 2. The molecule has 0 spiro atoms. The molecule has 0 aliphatic heterocycles. The summed E-state index contributed by atoms with van der Waals surface area (Å²) in [6, 6.07) is 14.9. The minimum Gasteiger partial charge on any atom is -0.485 e. The lowest BCUT2D eigenvalue weighted by Gasteiger charge is -2.11. The van der Waals surface area contributed by atoms with E-state index in [0.717, 1.165) is 21.7 Å². The zero-order chi connectivity index (χ0) is 21.8. The average Bonchev–Trinajstić information content (AvgIpc) is 3.36. The van der Waals surface area contributed by atoms with E-state index in [2.05, 4.69) is 24.0 Å². The van der Waals surface area contributed by atoms with Crippen molar-refractivity contribution >= 4 is 45.0 Å². The fourth-order valence-corrected chi connectivity index (χ4v) is 4.17. The number of nitrogens with one attached hydrogen (secondary N) is 1. The number of nitrogens with two attached hydrogens (primary N) is 1. The second-order valence-corrected chi connectivity index (χ2v) is 8.88. The Morgan fingerprint density at radius 3 is 2.61 bits per heavy atom. The molecular formula is C25H21ClN2O3. The normalized spacial score (nSPS) is 14.6. The number of fused-ring (bicyclic) bond motifs is 2. The standard InChI is InChI=1S/C25H21ClN2O3/c1-25(6-7-25)16-3-5-18-20(12-28-21(18)11-16)22(29)13-31-23-10-14-2-4-17(26)8-15(14)9-19(23)24(27)30/h2-5,8-12,28H,6-7,13H2,1H3,(H2,27,30). The Morgan fingerprint density at radius 2 is 1.87 bits per heavy atom. The Hall–Kier alpha value is -3.31.